The van der Waals surface area contributed by atoms with Crippen LogP contribution in [0.1, 0.15) is 11.1 Å². The number of thioether (sulfide) groups is 1. The Hall–Kier alpha value is -2.14. The first-order valence-corrected chi connectivity index (χ1v) is 9.85. The molecule has 0 aliphatic carbocycles. The fraction of sp³-hybridized carbons (Fsp3) is 0.350. The van der Waals surface area contributed by atoms with Gasteiger partial charge >= 0.3 is 0 Å². The molecule has 0 saturated carbocycles. The molecule has 0 radical (unpaired) electrons. The number of nitrogens with zero attached hydrogens (tertiary/aromatic N) is 2. The summed E-state index contributed by atoms with van der Waals surface area (Å²) in [4.78, 5) is 6.70. The third-order valence-corrected chi connectivity index (χ3v) is 5.12. The van der Waals surface area contributed by atoms with Crippen molar-refractivity contribution in [2.45, 2.75) is 13.0 Å². The summed E-state index contributed by atoms with van der Waals surface area (Å²) in [7, 11) is 0. The van der Waals surface area contributed by atoms with Crippen LogP contribution in [0.5, 0.6) is 5.75 Å². The maximum atomic E-state index is 6.08. The lowest BCUT2D eigenvalue weighted by atomic mass is 10.1. The van der Waals surface area contributed by atoms with Crippen LogP contribution in [0.3, 0.4) is 0 Å². The molecule has 5 heteroatoms. The minimum Gasteiger partial charge on any atom is -0.489 e. The predicted molar refractivity (Wildman–Crippen MR) is 106 cm³/mol. The van der Waals surface area contributed by atoms with E-state index < -0.39 is 0 Å². The van der Waals surface area contributed by atoms with Gasteiger partial charge in [0.2, 0.25) is 0 Å². The van der Waals surface area contributed by atoms with Crippen LogP contribution >= 0.6 is 11.8 Å². The van der Waals surface area contributed by atoms with Crippen LogP contribution in [0.4, 0.5) is 0 Å². The van der Waals surface area contributed by atoms with Crippen molar-refractivity contribution in [1.29, 1.82) is 0 Å². The highest BCUT2D eigenvalue weighted by Crippen LogP contribution is 2.15. The summed E-state index contributed by atoms with van der Waals surface area (Å²) in [5.41, 5.74) is 8.50. The molecule has 2 aromatic rings. The molecule has 0 aromatic heterocycles. The monoisotopic (exact) mass is 355 g/mol. The van der Waals surface area contributed by atoms with E-state index in [-0.39, 0.29) is 0 Å². The number of ether oxygens (including phenoxy) is 1. The van der Waals surface area contributed by atoms with Crippen LogP contribution in [0.25, 0.3) is 0 Å². The van der Waals surface area contributed by atoms with Crippen molar-refractivity contribution < 1.29 is 4.74 Å². The number of guanidine groups is 1. The van der Waals surface area contributed by atoms with Gasteiger partial charge in [-0.3, -0.25) is 4.99 Å². The zero-order valence-electron chi connectivity index (χ0n) is 14.4. The Morgan fingerprint density at radius 3 is 2.44 bits per heavy atom. The first kappa shape index (κ1) is 17.7. The van der Waals surface area contributed by atoms with Gasteiger partial charge in [-0.2, -0.15) is 11.8 Å². The summed E-state index contributed by atoms with van der Waals surface area (Å²) in [6.45, 7) is 3.33. The van der Waals surface area contributed by atoms with E-state index in [0.29, 0.717) is 12.6 Å². The second-order valence-electron chi connectivity index (χ2n) is 6.01. The molecule has 0 amide bonds. The van der Waals surface area contributed by atoms with Crippen molar-refractivity contribution in [3.05, 3.63) is 65.7 Å². The lowest BCUT2D eigenvalue weighted by molar-refractivity contribution is 0.306. The van der Waals surface area contributed by atoms with Crippen molar-refractivity contribution in [2.75, 3.05) is 31.1 Å². The van der Waals surface area contributed by atoms with Crippen molar-refractivity contribution in [3.8, 4) is 5.75 Å². The Morgan fingerprint density at radius 2 is 1.72 bits per heavy atom. The van der Waals surface area contributed by atoms with E-state index in [0.717, 1.165) is 43.3 Å². The van der Waals surface area contributed by atoms with Crippen molar-refractivity contribution >= 4 is 17.7 Å². The highest BCUT2D eigenvalue weighted by molar-refractivity contribution is 7.99. The predicted octanol–water partition coefficient (Wildman–Crippen LogP) is 3.17. The van der Waals surface area contributed by atoms with Gasteiger partial charge in [-0.15, -0.1) is 0 Å². The van der Waals surface area contributed by atoms with Crippen LogP contribution in [-0.2, 0) is 13.0 Å². The molecule has 0 bridgehead atoms. The van der Waals surface area contributed by atoms with Crippen molar-refractivity contribution in [1.82, 2.24) is 4.90 Å². The largest absolute Gasteiger partial charge is 0.489 e. The maximum absolute atomic E-state index is 6.08. The zero-order valence-corrected chi connectivity index (χ0v) is 15.3. The highest BCUT2D eigenvalue weighted by atomic mass is 32.2. The number of rotatable bonds is 6. The summed E-state index contributed by atoms with van der Waals surface area (Å²) in [6.07, 6.45) is 0.891. The van der Waals surface area contributed by atoms with Crippen LogP contribution < -0.4 is 10.5 Å². The van der Waals surface area contributed by atoms with Gasteiger partial charge in [-0.05, 0) is 29.7 Å². The lowest BCUT2D eigenvalue weighted by Gasteiger charge is -2.27. The minimum atomic E-state index is 0.592. The van der Waals surface area contributed by atoms with Crippen LogP contribution in [0, 0.1) is 0 Å². The topological polar surface area (TPSA) is 50.9 Å². The molecule has 0 spiro atoms. The fourth-order valence-electron chi connectivity index (χ4n) is 2.69. The Balaban J connectivity index is 1.44. The second-order valence-corrected chi connectivity index (χ2v) is 7.23. The fourth-order valence-corrected chi connectivity index (χ4v) is 3.59. The summed E-state index contributed by atoms with van der Waals surface area (Å²) < 4.78 is 5.81. The smallest absolute Gasteiger partial charge is 0.191 e. The lowest BCUT2D eigenvalue weighted by Crippen LogP contribution is -2.42. The van der Waals surface area contributed by atoms with Gasteiger partial charge in [0, 0.05) is 31.1 Å². The number of hydrogen-bond donors (Lipinski definition) is 1. The SMILES string of the molecule is NC(=NCCc1ccc(OCc2ccccc2)cc1)N1CCSCC1. The molecule has 1 saturated heterocycles. The van der Waals surface area contributed by atoms with Gasteiger partial charge in [-0.1, -0.05) is 42.5 Å². The molecular weight excluding hydrogens is 330 g/mol. The van der Waals surface area contributed by atoms with Crippen LogP contribution in [0.15, 0.2) is 59.6 Å². The molecular formula is C20H25N3OS. The summed E-state index contributed by atoms with van der Waals surface area (Å²) in [6, 6.07) is 18.4. The molecule has 1 aliphatic heterocycles. The standard InChI is InChI=1S/C20H25N3OS/c21-20(23-12-14-25-15-13-23)22-11-10-17-6-8-19(9-7-17)24-16-18-4-2-1-3-5-18/h1-9H,10-16H2,(H2,21,22). The summed E-state index contributed by atoms with van der Waals surface area (Å²) in [5.74, 6) is 3.85. The quantitative estimate of drug-likeness (QED) is 0.639. The van der Waals surface area contributed by atoms with Gasteiger partial charge < -0.3 is 15.4 Å². The van der Waals surface area contributed by atoms with Gasteiger partial charge in [-0.25, -0.2) is 0 Å². The summed E-state index contributed by atoms with van der Waals surface area (Å²) >= 11 is 1.98. The zero-order chi connectivity index (χ0) is 17.3. The van der Waals surface area contributed by atoms with E-state index in [9.17, 15) is 0 Å². The van der Waals surface area contributed by atoms with Gasteiger partial charge in [0.15, 0.2) is 5.96 Å². The molecule has 1 heterocycles. The molecule has 25 heavy (non-hydrogen) atoms. The maximum Gasteiger partial charge on any atom is 0.191 e. The molecule has 0 unspecified atom stereocenters. The van der Waals surface area contributed by atoms with Crippen LogP contribution in [-0.4, -0.2) is 42.0 Å². The molecule has 132 valence electrons. The van der Waals surface area contributed by atoms with Crippen molar-refractivity contribution in [3.63, 3.8) is 0 Å². The van der Waals surface area contributed by atoms with E-state index in [2.05, 4.69) is 34.2 Å². The van der Waals surface area contributed by atoms with E-state index in [1.165, 1.54) is 11.1 Å². The Bertz CT molecular complexity index is 667. The average molecular weight is 356 g/mol. The normalized spacial score (nSPS) is 15.2. The average Bonchev–Trinajstić information content (AvgIpc) is 2.69. The number of nitrogens with two attached hydrogens (primary N) is 1. The number of benzene rings is 2. The molecule has 3 rings (SSSR count). The molecule has 4 nitrogen and oxygen atoms in total. The Morgan fingerprint density at radius 1 is 1.00 bits per heavy atom. The van der Waals surface area contributed by atoms with E-state index in [4.69, 9.17) is 10.5 Å². The molecule has 2 aromatic carbocycles. The van der Waals surface area contributed by atoms with E-state index >= 15 is 0 Å². The third kappa shape index (κ3) is 5.71. The van der Waals surface area contributed by atoms with Gasteiger partial charge in [0.1, 0.15) is 12.4 Å². The summed E-state index contributed by atoms with van der Waals surface area (Å²) in [5, 5.41) is 0. The Kier molecular flexibility index (Phi) is 6.63. The number of hydrogen-bond acceptors (Lipinski definition) is 3. The highest BCUT2D eigenvalue weighted by Gasteiger charge is 2.11. The Labute approximate surface area is 154 Å². The van der Waals surface area contributed by atoms with Gasteiger partial charge in [0.25, 0.3) is 0 Å². The molecule has 1 fully saturated rings. The van der Waals surface area contributed by atoms with Gasteiger partial charge in [0.05, 0.1) is 0 Å². The third-order valence-electron chi connectivity index (χ3n) is 4.18. The van der Waals surface area contributed by atoms with Crippen molar-refractivity contribution in [2.24, 2.45) is 10.7 Å². The minimum absolute atomic E-state index is 0.592. The molecule has 0 atom stereocenters. The second kappa shape index (κ2) is 9.37. The van der Waals surface area contributed by atoms with Crippen LogP contribution in [0.2, 0.25) is 0 Å². The molecule has 2 N–H and O–H groups in total. The first-order valence-electron chi connectivity index (χ1n) is 8.69. The van der Waals surface area contributed by atoms with E-state index in [1.807, 2.05) is 42.1 Å². The number of aliphatic imine (C=N–C) groups is 1. The molecule has 1 aliphatic rings. The first-order chi connectivity index (χ1) is 12.3. The van der Waals surface area contributed by atoms with E-state index in [1.54, 1.807) is 0 Å².